The number of carbonyl (C=O) groups is 2. The van der Waals surface area contributed by atoms with E-state index in [0.717, 1.165) is 11.1 Å². The van der Waals surface area contributed by atoms with Crippen LogP contribution >= 0.6 is 11.6 Å². The maximum absolute atomic E-state index is 13.0. The minimum atomic E-state index is -0.464. The molecular weight excluding hydrogens is 360 g/mol. The molecule has 1 atom stereocenters. The topological polar surface area (TPSA) is 49.4 Å². The van der Waals surface area contributed by atoms with Crippen molar-refractivity contribution in [3.8, 4) is 0 Å². The second kappa shape index (κ2) is 10.7. The van der Waals surface area contributed by atoms with Crippen LogP contribution in [0.1, 0.15) is 31.4 Å². The van der Waals surface area contributed by atoms with Crippen molar-refractivity contribution in [2.45, 2.75) is 39.2 Å². The van der Waals surface area contributed by atoms with E-state index in [2.05, 4.69) is 5.32 Å². The second-order valence-electron chi connectivity index (χ2n) is 6.44. The first-order valence-corrected chi connectivity index (χ1v) is 9.78. The van der Waals surface area contributed by atoms with Crippen LogP contribution in [0.4, 0.5) is 0 Å². The number of rotatable bonds is 9. The zero-order valence-electron chi connectivity index (χ0n) is 16.0. The van der Waals surface area contributed by atoms with Gasteiger partial charge in [0.05, 0.1) is 6.42 Å². The van der Waals surface area contributed by atoms with Gasteiger partial charge in [-0.15, -0.1) is 0 Å². The molecule has 0 heterocycles. The van der Waals surface area contributed by atoms with Gasteiger partial charge in [0.15, 0.2) is 0 Å². The molecule has 144 valence electrons. The van der Waals surface area contributed by atoms with E-state index in [1.165, 1.54) is 0 Å². The minimum absolute atomic E-state index is 0.0497. The Balaban J connectivity index is 2.16. The summed E-state index contributed by atoms with van der Waals surface area (Å²) in [6.45, 7) is 4.87. The second-order valence-corrected chi connectivity index (χ2v) is 6.88. The Labute approximate surface area is 166 Å². The smallest absolute Gasteiger partial charge is 0.242 e. The summed E-state index contributed by atoms with van der Waals surface area (Å²) in [6.07, 6.45) is 1.54. The molecule has 2 aromatic rings. The van der Waals surface area contributed by atoms with Crippen LogP contribution in [0.25, 0.3) is 0 Å². The van der Waals surface area contributed by atoms with E-state index in [0.29, 0.717) is 31.0 Å². The van der Waals surface area contributed by atoms with Crippen LogP contribution in [0.15, 0.2) is 54.6 Å². The van der Waals surface area contributed by atoms with Gasteiger partial charge in [-0.3, -0.25) is 9.59 Å². The molecule has 0 aliphatic carbocycles. The SMILES string of the molecule is CCNC(=O)[C@H](CC)N(CCc1ccccc1)C(=O)Cc1ccc(Cl)cc1. The third-order valence-electron chi connectivity index (χ3n) is 4.49. The first-order valence-electron chi connectivity index (χ1n) is 9.40. The van der Waals surface area contributed by atoms with Crippen LogP contribution in [-0.4, -0.2) is 35.8 Å². The minimum Gasteiger partial charge on any atom is -0.355 e. The Morgan fingerprint density at radius 3 is 2.26 bits per heavy atom. The third kappa shape index (κ3) is 6.40. The molecular formula is C22H27ClN2O2. The number of halogens is 1. The van der Waals surface area contributed by atoms with E-state index in [9.17, 15) is 9.59 Å². The van der Waals surface area contributed by atoms with E-state index in [1.54, 1.807) is 17.0 Å². The van der Waals surface area contributed by atoms with E-state index < -0.39 is 6.04 Å². The van der Waals surface area contributed by atoms with Crippen molar-refractivity contribution in [3.63, 3.8) is 0 Å². The van der Waals surface area contributed by atoms with Crippen molar-refractivity contribution in [2.24, 2.45) is 0 Å². The third-order valence-corrected chi connectivity index (χ3v) is 4.74. The van der Waals surface area contributed by atoms with E-state index in [1.807, 2.05) is 56.3 Å². The summed E-state index contributed by atoms with van der Waals surface area (Å²) in [5.74, 6) is -0.149. The number of hydrogen-bond donors (Lipinski definition) is 1. The lowest BCUT2D eigenvalue weighted by Crippen LogP contribution is -2.50. The number of carbonyl (C=O) groups excluding carboxylic acids is 2. The fraction of sp³-hybridized carbons (Fsp3) is 0.364. The summed E-state index contributed by atoms with van der Waals surface area (Å²) >= 11 is 5.93. The van der Waals surface area contributed by atoms with Crippen molar-refractivity contribution in [1.29, 1.82) is 0 Å². The summed E-state index contributed by atoms with van der Waals surface area (Å²) in [6, 6.07) is 16.8. The van der Waals surface area contributed by atoms with Gasteiger partial charge in [0.2, 0.25) is 11.8 Å². The molecule has 0 bridgehead atoms. The van der Waals surface area contributed by atoms with Crippen molar-refractivity contribution in [2.75, 3.05) is 13.1 Å². The molecule has 5 heteroatoms. The molecule has 0 unspecified atom stereocenters. The summed E-state index contributed by atoms with van der Waals surface area (Å²) in [7, 11) is 0. The average Bonchev–Trinajstić information content (AvgIpc) is 2.67. The monoisotopic (exact) mass is 386 g/mol. The molecule has 0 radical (unpaired) electrons. The average molecular weight is 387 g/mol. The van der Waals surface area contributed by atoms with E-state index >= 15 is 0 Å². The van der Waals surface area contributed by atoms with E-state index in [-0.39, 0.29) is 18.2 Å². The van der Waals surface area contributed by atoms with Crippen LogP contribution in [0.5, 0.6) is 0 Å². The fourth-order valence-corrected chi connectivity index (χ4v) is 3.19. The van der Waals surface area contributed by atoms with Gasteiger partial charge in [-0.25, -0.2) is 0 Å². The highest BCUT2D eigenvalue weighted by molar-refractivity contribution is 6.30. The van der Waals surface area contributed by atoms with Crippen molar-refractivity contribution in [1.82, 2.24) is 10.2 Å². The molecule has 1 N–H and O–H groups in total. The number of hydrogen-bond acceptors (Lipinski definition) is 2. The Morgan fingerprint density at radius 2 is 1.67 bits per heavy atom. The summed E-state index contributed by atoms with van der Waals surface area (Å²) in [4.78, 5) is 27.3. The van der Waals surface area contributed by atoms with Crippen LogP contribution < -0.4 is 5.32 Å². The van der Waals surface area contributed by atoms with Crippen molar-refractivity contribution < 1.29 is 9.59 Å². The van der Waals surface area contributed by atoms with Gasteiger partial charge in [0, 0.05) is 18.1 Å². The zero-order chi connectivity index (χ0) is 19.6. The zero-order valence-corrected chi connectivity index (χ0v) is 16.7. The van der Waals surface area contributed by atoms with Crippen LogP contribution in [0, 0.1) is 0 Å². The first-order chi connectivity index (χ1) is 13.0. The summed E-state index contributed by atoms with van der Waals surface area (Å²) in [5, 5.41) is 3.49. The lowest BCUT2D eigenvalue weighted by atomic mass is 10.1. The molecule has 0 aliphatic rings. The molecule has 0 aliphatic heterocycles. The van der Waals surface area contributed by atoms with Crippen molar-refractivity contribution in [3.05, 3.63) is 70.7 Å². The van der Waals surface area contributed by atoms with Crippen LogP contribution in [0.3, 0.4) is 0 Å². The Morgan fingerprint density at radius 1 is 1.00 bits per heavy atom. The number of nitrogens with zero attached hydrogens (tertiary/aromatic N) is 1. The number of benzene rings is 2. The standard InChI is InChI=1S/C22H27ClN2O2/c1-3-20(22(27)24-4-2)25(15-14-17-8-6-5-7-9-17)21(26)16-18-10-12-19(23)13-11-18/h5-13,20H,3-4,14-16H2,1-2H3,(H,24,27)/t20-/m0/s1. The van der Waals surface area contributed by atoms with E-state index in [4.69, 9.17) is 11.6 Å². The number of amides is 2. The van der Waals surface area contributed by atoms with Gasteiger partial charge in [-0.05, 0) is 43.0 Å². The van der Waals surface area contributed by atoms with Gasteiger partial charge in [0.25, 0.3) is 0 Å². The first kappa shape index (κ1) is 21.0. The Kier molecular flexibility index (Phi) is 8.34. The van der Waals surface area contributed by atoms with Crippen LogP contribution in [-0.2, 0) is 22.4 Å². The number of likely N-dealkylation sites (N-methyl/N-ethyl adjacent to an activating group) is 1. The van der Waals surface area contributed by atoms with Gasteiger partial charge < -0.3 is 10.2 Å². The maximum Gasteiger partial charge on any atom is 0.242 e. The Bertz CT molecular complexity index is 732. The lowest BCUT2D eigenvalue weighted by Gasteiger charge is -2.30. The summed E-state index contributed by atoms with van der Waals surface area (Å²) in [5.41, 5.74) is 2.03. The van der Waals surface area contributed by atoms with Crippen LogP contribution in [0.2, 0.25) is 5.02 Å². The largest absolute Gasteiger partial charge is 0.355 e. The predicted molar refractivity (Wildman–Crippen MR) is 110 cm³/mol. The molecule has 2 rings (SSSR count). The highest BCUT2D eigenvalue weighted by atomic mass is 35.5. The molecule has 2 aromatic carbocycles. The lowest BCUT2D eigenvalue weighted by molar-refractivity contribution is -0.140. The molecule has 0 saturated heterocycles. The molecule has 0 saturated carbocycles. The van der Waals surface area contributed by atoms with Gasteiger partial charge in [-0.2, -0.15) is 0 Å². The molecule has 0 spiro atoms. The predicted octanol–water partition coefficient (Wildman–Crippen LogP) is 3.87. The Hall–Kier alpha value is -2.33. The number of nitrogens with one attached hydrogen (secondary N) is 1. The highest BCUT2D eigenvalue weighted by Gasteiger charge is 2.27. The molecule has 2 amide bonds. The highest BCUT2D eigenvalue weighted by Crippen LogP contribution is 2.14. The quantitative estimate of drug-likeness (QED) is 0.711. The molecule has 27 heavy (non-hydrogen) atoms. The molecule has 4 nitrogen and oxygen atoms in total. The van der Waals surface area contributed by atoms with Gasteiger partial charge in [0.1, 0.15) is 6.04 Å². The fourth-order valence-electron chi connectivity index (χ4n) is 3.07. The molecule has 0 aromatic heterocycles. The normalized spacial score (nSPS) is 11.7. The van der Waals surface area contributed by atoms with Gasteiger partial charge >= 0.3 is 0 Å². The molecule has 0 fully saturated rings. The van der Waals surface area contributed by atoms with Gasteiger partial charge in [-0.1, -0.05) is 61.0 Å². The summed E-state index contributed by atoms with van der Waals surface area (Å²) < 4.78 is 0. The van der Waals surface area contributed by atoms with Crippen molar-refractivity contribution >= 4 is 23.4 Å². The maximum atomic E-state index is 13.0.